The molecule has 2 aliphatic heterocycles. The Balaban J connectivity index is 1.43. The van der Waals surface area contributed by atoms with Crippen LogP contribution in [0.2, 0.25) is 10.0 Å². The van der Waals surface area contributed by atoms with Crippen LogP contribution in [-0.4, -0.2) is 82.6 Å². The summed E-state index contributed by atoms with van der Waals surface area (Å²) in [6.07, 6.45) is 9.79. The highest BCUT2D eigenvalue weighted by Gasteiger charge is 2.32. The summed E-state index contributed by atoms with van der Waals surface area (Å²) in [6.45, 7) is 9.30. The molecule has 2 aromatic carbocycles. The standard InChI is InChI=1S/C37H38Cl2N6O4/c1-6-7-34(46)42-28-17-26(31(47-3)19-30(28)44-14-12-43(13-15-44)25-8-9-25)27-18-29-23(21-41-27)16-24(22-45(29)11-10-40-2)35-36(38)32(48-4)20-33(49-5)37(35)39/h10-11,16-21,25H,2,8-9,12-15,22H2,1,3-5H3,(H,42,46)/b11-10-. The molecular formula is C37H38Cl2N6O4. The summed E-state index contributed by atoms with van der Waals surface area (Å²) in [5.74, 6) is 6.44. The molecule has 0 radical (unpaired) electrons. The molecule has 0 unspecified atom stereocenters. The van der Waals surface area contributed by atoms with E-state index >= 15 is 0 Å². The maximum absolute atomic E-state index is 12.8. The van der Waals surface area contributed by atoms with E-state index in [2.05, 4.69) is 38.7 Å². The van der Waals surface area contributed by atoms with Gasteiger partial charge in [0.15, 0.2) is 0 Å². The van der Waals surface area contributed by atoms with Crippen LogP contribution in [0.5, 0.6) is 17.2 Å². The van der Waals surface area contributed by atoms with Crippen molar-refractivity contribution in [3.8, 4) is 40.3 Å². The molecule has 1 saturated heterocycles. The number of carbonyl (C=O) groups excluding carboxylic acids is 1. The molecule has 12 heteroatoms. The average molecular weight is 702 g/mol. The van der Waals surface area contributed by atoms with Gasteiger partial charge >= 0.3 is 0 Å². The van der Waals surface area contributed by atoms with E-state index < -0.39 is 0 Å². The number of benzene rings is 2. The van der Waals surface area contributed by atoms with E-state index in [0.717, 1.165) is 54.3 Å². The molecule has 3 heterocycles. The second-order valence-electron chi connectivity index (χ2n) is 11.8. The molecule has 254 valence electrons. The zero-order valence-corrected chi connectivity index (χ0v) is 29.5. The van der Waals surface area contributed by atoms with Crippen molar-refractivity contribution in [2.24, 2.45) is 4.99 Å². The zero-order chi connectivity index (χ0) is 34.7. The van der Waals surface area contributed by atoms with Gasteiger partial charge in [-0.2, -0.15) is 0 Å². The smallest absolute Gasteiger partial charge is 0.300 e. The predicted octanol–water partition coefficient (Wildman–Crippen LogP) is 6.86. The van der Waals surface area contributed by atoms with Gasteiger partial charge in [0, 0.05) is 86.2 Å². The molecule has 2 fully saturated rings. The summed E-state index contributed by atoms with van der Waals surface area (Å²) < 4.78 is 17.0. The van der Waals surface area contributed by atoms with Crippen molar-refractivity contribution < 1.29 is 19.0 Å². The fraction of sp³-hybridized carbons (Fsp3) is 0.324. The van der Waals surface area contributed by atoms with Gasteiger partial charge < -0.3 is 29.3 Å². The van der Waals surface area contributed by atoms with Crippen molar-refractivity contribution in [3.05, 3.63) is 64.0 Å². The Morgan fingerprint density at radius 1 is 1.00 bits per heavy atom. The summed E-state index contributed by atoms with van der Waals surface area (Å²) >= 11 is 13.6. The Kier molecular flexibility index (Phi) is 10.3. The first-order valence-corrected chi connectivity index (χ1v) is 16.7. The SMILES string of the molecule is C=N/C=C\N1CC(c2c(Cl)c(OC)cc(OC)c2Cl)=Cc2cnc(-c3cc(NC(=O)C#CC)c(N4CCN(C5CC5)CC4)cc3OC)cc21. The van der Waals surface area contributed by atoms with Gasteiger partial charge in [0.1, 0.15) is 17.2 Å². The third-order valence-corrected chi connectivity index (χ3v) is 9.69. The highest BCUT2D eigenvalue weighted by Crippen LogP contribution is 2.47. The quantitative estimate of drug-likeness (QED) is 0.181. The number of aliphatic imine (C=N–C) groups is 1. The van der Waals surface area contributed by atoms with Crippen LogP contribution in [0.3, 0.4) is 0 Å². The number of methoxy groups -OCH3 is 3. The van der Waals surface area contributed by atoms with Gasteiger partial charge in [0.2, 0.25) is 0 Å². The number of hydrogen-bond donors (Lipinski definition) is 1. The van der Waals surface area contributed by atoms with Crippen LogP contribution in [0.15, 0.2) is 47.9 Å². The van der Waals surface area contributed by atoms with Crippen LogP contribution >= 0.6 is 23.2 Å². The highest BCUT2D eigenvalue weighted by molar-refractivity contribution is 6.40. The van der Waals surface area contributed by atoms with Gasteiger partial charge in [-0.1, -0.05) is 29.1 Å². The van der Waals surface area contributed by atoms with Gasteiger partial charge in [0.05, 0.1) is 54.1 Å². The number of nitrogens with zero attached hydrogens (tertiary/aromatic N) is 5. The molecule has 1 saturated carbocycles. The number of carbonyl (C=O) groups is 1. The maximum Gasteiger partial charge on any atom is 0.300 e. The average Bonchev–Trinajstić information content (AvgIpc) is 3.97. The third-order valence-electron chi connectivity index (χ3n) is 8.94. The van der Waals surface area contributed by atoms with Crippen molar-refractivity contribution >= 4 is 64.5 Å². The van der Waals surface area contributed by atoms with Gasteiger partial charge in [-0.3, -0.25) is 19.7 Å². The van der Waals surface area contributed by atoms with Gasteiger partial charge in [-0.05, 0) is 56.2 Å². The van der Waals surface area contributed by atoms with E-state index in [-0.39, 0.29) is 5.91 Å². The molecule has 6 rings (SSSR count). The third kappa shape index (κ3) is 7.06. The van der Waals surface area contributed by atoms with Crippen LogP contribution in [-0.2, 0) is 4.79 Å². The lowest BCUT2D eigenvalue weighted by atomic mass is 9.96. The number of anilines is 3. The molecule has 3 aromatic rings. The van der Waals surface area contributed by atoms with E-state index in [9.17, 15) is 4.79 Å². The highest BCUT2D eigenvalue weighted by atomic mass is 35.5. The van der Waals surface area contributed by atoms with Crippen LogP contribution < -0.4 is 29.3 Å². The first-order valence-electron chi connectivity index (χ1n) is 15.9. The fourth-order valence-electron chi connectivity index (χ4n) is 6.38. The number of pyridine rings is 1. The molecule has 1 amide bonds. The Bertz CT molecular complexity index is 1880. The second kappa shape index (κ2) is 14.8. The van der Waals surface area contributed by atoms with Crippen molar-refractivity contribution in [2.45, 2.75) is 25.8 Å². The first kappa shape index (κ1) is 34.2. The van der Waals surface area contributed by atoms with E-state index in [1.807, 2.05) is 35.4 Å². The van der Waals surface area contributed by atoms with Crippen LogP contribution in [0, 0.1) is 11.8 Å². The number of amides is 1. The zero-order valence-electron chi connectivity index (χ0n) is 28.0. The molecule has 1 aromatic heterocycles. The number of nitrogens with one attached hydrogen (secondary N) is 1. The number of ether oxygens (including phenoxy) is 3. The number of hydrogen-bond acceptors (Lipinski definition) is 9. The number of rotatable bonds is 10. The minimum Gasteiger partial charge on any atom is -0.496 e. The minimum absolute atomic E-state index is 0.375. The van der Waals surface area contributed by atoms with Crippen LogP contribution in [0.25, 0.3) is 22.9 Å². The number of piperazine rings is 1. The van der Waals surface area contributed by atoms with E-state index in [0.29, 0.717) is 56.8 Å². The molecule has 3 aliphatic rings. The van der Waals surface area contributed by atoms with Crippen molar-refractivity contribution in [1.82, 2.24) is 9.88 Å². The monoisotopic (exact) mass is 700 g/mol. The van der Waals surface area contributed by atoms with Gasteiger partial charge in [-0.25, -0.2) is 0 Å². The maximum atomic E-state index is 12.8. The normalized spacial score (nSPS) is 16.0. The molecule has 49 heavy (non-hydrogen) atoms. The number of halogens is 2. The largest absolute Gasteiger partial charge is 0.496 e. The molecule has 0 spiro atoms. The molecule has 0 atom stereocenters. The minimum atomic E-state index is -0.382. The van der Waals surface area contributed by atoms with Crippen molar-refractivity contribution in [3.63, 3.8) is 0 Å². The Hall–Kier alpha value is -4.69. The number of aromatic nitrogens is 1. The fourth-order valence-corrected chi connectivity index (χ4v) is 7.12. The molecular weight excluding hydrogens is 663 g/mol. The Morgan fingerprint density at radius 2 is 1.69 bits per heavy atom. The van der Waals surface area contributed by atoms with Crippen molar-refractivity contribution in [1.29, 1.82) is 0 Å². The summed E-state index contributed by atoms with van der Waals surface area (Å²) in [4.78, 5) is 28.5. The van der Waals surface area contributed by atoms with Gasteiger partial charge in [-0.15, -0.1) is 0 Å². The lowest BCUT2D eigenvalue weighted by Crippen LogP contribution is -2.47. The Morgan fingerprint density at radius 3 is 2.31 bits per heavy atom. The van der Waals surface area contributed by atoms with Gasteiger partial charge in [0.25, 0.3) is 5.91 Å². The molecule has 1 N–H and O–H groups in total. The van der Waals surface area contributed by atoms with E-state index in [1.165, 1.54) is 12.8 Å². The lowest BCUT2D eigenvalue weighted by molar-refractivity contribution is -0.111. The van der Waals surface area contributed by atoms with Crippen LogP contribution in [0.1, 0.15) is 30.9 Å². The summed E-state index contributed by atoms with van der Waals surface area (Å²) in [6, 6.07) is 8.26. The molecule has 1 aliphatic carbocycles. The van der Waals surface area contributed by atoms with Crippen molar-refractivity contribution in [2.75, 3.05) is 69.2 Å². The topological polar surface area (TPSA) is 91.8 Å². The Labute approximate surface area is 296 Å². The molecule has 0 bridgehead atoms. The van der Waals surface area contributed by atoms with E-state index in [1.54, 1.807) is 46.7 Å². The van der Waals surface area contributed by atoms with E-state index in [4.69, 9.17) is 42.4 Å². The summed E-state index contributed by atoms with van der Waals surface area (Å²) in [7, 11) is 4.73. The van der Waals surface area contributed by atoms with Crippen LogP contribution in [0.4, 0.5) is 17.1 Å². The summed E-state index contributed by atoms with van der Waals surface area (Å²) in [5.41, 5.74) is 6.02. The molecule has 10 nitrogen and oxygen atoms in total. The lowest BCUT2D eigenvalue weighted by Gasteiger charge is -2.37. The predicted molar refractivity (Wildman–Crippen MR) is 199 cm³/mol. The number of fused-ring (bicyclic) bond motifs is 1. The first-order chi connectivity index (χ1) is 23.8. The second-order valence-corrected chi connectivity index (χ2v) is 12.6. The summed E-state index contributed by atoms with van der Waals surface area (Å²) in [5, 5.41) is 3.77.